The molecule has 122 valence electrons. The molecular formula is C17H16N4O3. The van der Waals surface area contributed by atoms with Crippen molar-refractivity contribution in [2.75, 3.05) is 12.5 Å². The molecule has 0 saturated carbocycles. The molecule has 0 aliphatic heterocycles. The molecule has 1 heterocycles. The van der Waals surface area contributed by atoms with Crippen molar-refractivity contribution in [2.24, 2.45) is 5.10 Å². The molecule has 2 aromatic rings. The van der Waals surface area contributed by atoms with Gasteiger partial charge in [-0.2, -0.15) is 10.4 Å². The predicted molar refractivity (Wildman–Crippen MR) is 89.0 cm³/mol. The first-order valence-corrected chi connectivity index (χ1v) is 7.07. The number of ether oxygens (including phenoxy) is 1. The number of nitriles is 1. The third-order valence-corrected chi connectivity index (χ3v) is 3.18. The number of carboxylic acid groups (broad SMARTS) is 1. The Bertz CT molecular complexity index is 808. The zero-order valence-corrected chi connectivity index (χ0v) is 13.3. The third-order valence-electron chi connectivity index (χ3n) is 3.18. The molecule has 0 radical (unpaired) electrons. The number of aromatic nitrogens is 1. The van der Waals surface area contributed by atoms with E-state index in [2.05, 4.69) is 21.6 Å². The fourth-order valence-electron chi connectivity index (χ4n) is 2.10. The molecule has 24 heavy (non-hydrogen) atoms. The number of benzene rings is 1. The predicted octanol–water partition coefficient (Wildman–Crippen LogP) is 2.55. The molecule has 0 unspecified atom stereocenters. The van der Waals surface area contributed by atoms with E-state index in [1.165, 1.54) is 18.3 Å². The normalized spacial score (nSPS) is 10.5. The highest BCUT2D eigenvalue weighted by atomic mass is 16.5. The maximum absolute atomic E-state index is 10.8. The topological polar surface area (TPSA) is 108 Å². The van der Waals surface area contributed by atoms with Crippen LogP contribution in [0.4, 0.5) is 5.82 Å². The SMILES string of the molecule is COCc1cc(C)nc(N/N=C/c2ccc(C(=O)O)cc2)c1C#N. The van der Waals surface area contributed by atoms with Gasteiger partial charge in [-0.05, 0) is 30.7 Å². The summed E-state index contributed by atoms with van der Waals surface area (Å²) in [4.78, 5) is 15.1. The van der Waals surface area contributed by atoms with E-state index in [4.69, 9.17) is 9.84 Å². The number of pyridine rings is 1. The van der Waals surface area contributed by atoms with Crippen LogP contribution in [-0.2, 0) is 11.3 Å². The van der Waals surface area contributed by atoms with Crippen LogP contribution >= 0.6 is 0 Å². The first-order chi connectivity index (χ1) is 11.5. The van der Waals surface area contributed by atoms with Crippen LogP contribution < -0.4 is 5.43 Å². The number of nitrogens with zero attached hydrogens (tertiary/aromatic N) is 3. The second kappa shape index (κ2) is 7.85. The Hall–Kier alpha value is -3.24. The molecule has 0 aliphatic rings. The Morgan fingerprint density at radius 3 is 2.75 bits per heavy atom. The first kappa shape index (κ1) is 17.1. The first-order valence-electron chi connectivity index (χ1n) is 7.07. The van der Waals surface area contributed by atoms with Crippen molar-refractivity contribution in [1.82, 2.24) is 4.98 Å². The number of hydrogen-bond acceptors (Lipinski definition) is 6. The van der Waals surface area contributed by atoms with Crippen molar-refractivity contribution >= 4 is 18.0 Å². The second-order valence-electron chi connectivity index (χ2n) is 4.99. The summed E-state index contributed by atoms with van der Waals surface area (Å²) in [6.45, 7) is 2.13. The largest absolute Gasteiger partial charge is 0.478 e. The summed E-state index contributed by atoms with van der Waals surface area (Å²) >= 11 is 0. The molecule has 7 heteroatoms. The number of carbonyl (C=O) groups is 1. The number of hydrogen-bond donors (Lipinski definition) is 2. The molecule has 0 saturated heterocycles. The van der Waals surface area contributed by atoms with E-state index in [9.17, 15) is 10.1 Å². The lowest BCUT2D eigenvalue weighted by Crippen LogP contribution is -2.03. The Labute approximate surface area is 139 Å². The molecule has 0 aliphatic carbocycles. The third kappa shape index (κ3) is 4.15. The quantitative estimate of drug-likeness (QED) is 0.624. The van der Waals surface area contributed by atoms with Crippen LogP contribution in [0.3, 0.4) is 0 Å². The molecule has 1 aromatic carbocycles. The molecule has 2 rings (SSSR count). The number of carboxylic acids is 1. The van der Waals surface area contributed by atoms with Crippen LogP contribution in [0.15, 0.2) is 35.4 Å². The van der Waals surface area contributed by atoms with Crippen LogP contribution in [0.25, 0.3) is 0 Å². The van der Waals surface area contributed by atoms with Gasteiger partial charge in [0, 0.05) is 18.4 Å². The number of anilines is 1. The van der Waals surface area contributed by atoms with E-state index < -0.39 is 5.97 Å². The summed E-state index contributed by atoms with van der Waals surface area (Å²) in [5, 5.41) is 22.2. The molecule has 1 aromatic heterocycles. The highest BCUT2D eigenvalue weighted by Crippen LogP contribution is 2.19. The molecule has 0 amide bonds. The lowest BCUT2D eigenvalue weighted by molar-refractivity contribution is 0.0697. The molecule has 0 fully saturated rings. The lowest BCUT2D eigenvalue weighted by Gasteiger charge is -2.09. The minimum absolute atomic E-state index is 0.205. The van der Waals surface area contributed by atoms with Gasteiger partial charge in [-0.3, -0.25) is 5.43 Å². The molecule has 2 N–H and O–H groups in total. The average Bonchev–Trinajstić information content (AvgIpc) is 2.55. The van der Waals surface area contributed by atoms with Gasteiger partial charge in [0.15, 0.2) is 5.82 Å². The molecule has 0 bridgehead atoms. The molecular weight excluding hydrogens is 308 g/mol. The zero-order chi connectivity index (χ0) is 17.5. The fourth-order valence-corrected chi connectivity index (χ4v) is 2.10. The van der Waals surface area contributed by atoms with Crippen LogP contribution in [-0.4, -0.2) is 29.4 Å². The smallest absolute Gasteiger partial charge is 0.335 e. The van der Waals surface area contributed by atoms with Crippen LogP contribution in [0.5, 0.6) is 0 Å². The number of aromatic carboxylic acids is 1. The fraction of sp³-hybridized carbons (Fsp3) is 0.176. The maximum atomic E-state index is 10.8. The molecule has 0 atom stereocenters. The summed E-state index contributed by atoms with van der Waals surface area (Å²) in [5.74, 6) is -0.632. The van der Waals surface area contributed by atoms with E-state index in [1.54, 1.807) is 25.3 Å². The Morgan fingerprint density at radius 1 is 1.46 bits per heavy atom. The van der Waals surface area contributed by atoms with E-state index in [-0.39, 0.29) is 5.56 Å². The van der Waals surface area contributed by atoms with E-state index in [0.717, 1.165) is 16.8 Å². The highest BCUT2D eigenvalue weighted by molar-refractivity contribution is 5.89. The number of methoxy groups -OCH3 is 1. The van der Waals surface area contributed by atoms with E-state index in [0.29, 0.717) is 18.0 Å². The summed E-state index contributed by atoms with van der Waals surface area (Å²) in [6.07, 6.45) is 1.52. The summed E-state index contributed by atoms with van der Waals surface area (Å²) in [6, 6.07) is 10.2. The highest BCUT2D eigenvalue weighted by Gasteiger charge is 2.10. The van der Waals surface area contributed by atoms with Gasteiger partial charge in [0.1, 0.15) is 11.6 Å². The van der Waals surface area contributed by atoms with Gasteiger partial charge >= 0.3 is 5.97 Å². The van der Waals surface area contributed by atoms with Gasteiger partial charge in [0.25, 0.3) is 0 Å². The standard InChI is InChI=1S/C17H16N4O3/c1-11-7-14(10-24-2)15(8-18)16(20-11)21-19-9-12-3-5-13(6-4-12)17(22)23/h3-7,9H,10H2,1-2H3,(H,20,21)(H,22,23)/b19-9+. The van der Waals surface area contributed by atoms with Crippen molar-refractivity contribution in [2.45, 2.75) is 13.5 Å². The Morgan fingerprint density at radius 2 is 2.17 bits per heavy atom. The van der Waals surface area contributed by atoms with Crippen molar-refractivity contribution in [3.8, 4) is 6.07 Å². The maximum Gasteiger partial charge on any atom is 0.335 e. The monoisotopic (exact) mass is 324 g/mol. The van der Waals surface area contributed by atoms with Gasteiger partial charge in [-0.1, -0.05) is 12.1 Å². The minimum Gasteiger partial charge on any atom is -0.478 e. The second-order valence-corrected chi connectivity index (χ2v) is 4.99. The van der Waals surface area contributed by atoms with Gasteiger partial charge in [-0.25, -0.2) is 9.78 Å². The number of rotatable bonds is 6. The van der Waals surface area contributed by atoms with Gasteiger partial charge in [0.2, 0.25) is 0 Å². The summed E-state index contributed by atoms with van der Waals surface area (Å²) in [7, 11) is 1.56. The molecule has 0 spiro atoms. The van der Waals surface area contributed by atoms with E-state index in [1.807, 2.05) is 6.92 Å². The van der Waals surface area contributed by atoms with Gasteiger partial charge in [-0.15, -0.1) is 0 Å². The molecule has 7 nitrogen and oxygen atoms in total. The lowest BCUT2D eigenvalue weighted by atomic mass is 10.1. The van der Waals surface area contributed by atoms with Gasteiger partial charge in [0.05, 0.1) is 18.4 Å². The van der Waals surface area contributed by atoms with Crippen molar-refractivity contribution in [1.29, 1.82) is 5.26 Å². The average molecular weight is 324 g/mol. The van der Waals surface area contributed by atoms with Crippen LogP contribution in [0.1, 0.15) is 32.7 Å². The number of nitrogens with one attached hydrogen (secondary N) is 1. The number of hydrazone groups is 1. The van der Waals surface area contributed by atoms with Crippen molar-refractivity contribution in [3.63, 3.8) is 0 Å². The number of aryl methyl sites for hydroxylation is 1. The van der Waals surface area contributed by atoms with E-state index >= 15 is 0 Å². The summed E-state index contributed by atoms with van der Waals surface area (Å²) < 4.78 is 5.09. The van der Waals surface area contributed by atoms with Crippen LogP contribution in [0, 0.1) is 18.3 Å². The van der Waals surface area contributed by atoms with Gasteiger partial charge < -0.3 is 9.84 Å². The van der Waals surface area contributed by atoms with Crippen molar-refractivity contribution in [3.05, 3.63) is 58.3 Å². The summed E-state index contributed by atoms with van der Waals surface area (Å²) in [5.41, 5.74) is 5.53. The zero-order valence-electron chi connectivity index (χ0n) is 13.3. The Balaban J connectivity index is 2.19. The van der Waals surface area contributed by atoms with Crippen LogP contribution in [0.2, 0.25) is 0 Å². The minimum atomic E-state index is -0.982. The van der Waals surface area contributed by atoms with Crippen molar-refractivity contribution < 1.29 is 14.6 Å². The Kier molecular flexibility index (Phi) is 5.60.